The van der Waals surface area contributed by atoms with Crippen LogP contribution < -0.4 is 9.47 Å². The van der Waals surface area contributed by atoms with Gasteiger partial charge in [-0.2, -0.15) is 5.10 Å². The van der Waals surface area contributed by atoms with Crippen LogP contribution in [0.5, 0.6) is 11.5 Å². The van der Waals surface area contributed by atoms with E-state index < -0.39 is 0 Å². The van der Waals surface area contributed by atoms with Crippen molar-refractivity contribution >= 4 is 23.3 Å². The van der Waals surface area contributed by atoms with E-state index in [1.54, 1.807) is 0 Å². The number of aromatic nitrogens is 5. The molecule has 0 fully saturated rings. The number of hydrogen-bond donors (Lipinski definition) is 1. The number of benzene rings is 4. The summed E-state index contributed by atoms with van der Waals surface area (Å²) in [6, 6.07) is 34.3. The molecule has 0 bridgehead atoms. The van der Waals surface area contributed by atoms with Gasteiger partial charge in [-0.05, 0) is 53.7 Å². The van der Waals surface area contributed by atoms with Gasteiger partial charge in [0, 0.05) is 12.6 Å². The van der Waals surface area contributed by atoms with Crippen LogP contribution in [-0.4, -0.2) is 24.3 Å². The third kappa shape index (κ3) is 5.32. The molecule has 0 saturated carbocycles. The summed E-state index contributed by atoms with van der Waals surface area (Å²) >= 11 is 5.34. The second kappa shape index (κ2) is 11.0. The molecule has 0 aliphatic heterocycles. The van der Waals surface area contributed by atoms with Gasteiger partial charge in [0.2, 0.25) is 0 Å². The number of H-pyrrole nitrogens is 1. The van der Waals surface area contributed by atoms with E-state index in [0.29, 0.717) is 36.0 Å². The normalized spacial score (nSPS) is 11.1. The summed E-state index contributed by atoms with van der Waals surface area (Å²) in [6.45, 7) is 1.37. The number of fused-ring (bicyclic) bond motifs is 1. The SMILES string of the molecule is Cn1c(Cn2c(-c3ccc(OCc4ccccc4)c(OCc4ccccc4)c3)nc3ccccc32)n[nH]c1=S. The Morgan fingerprint density at radius 3 is 2.08 bits per heavy atom. The first-order valence-corrected chi connectivity index (χ1v) is 13.1. The molecule has 2 heterocycles. The molecule has 4 aromatic carbocycles. The van der Waals surface area contributed by atoms with Crippen molar-refractivity contribution in [2.45, 2.75) is 19.8 Å². The van der Waals surface area contributed by atoms with Crippen LogP contribution >= 0.6 is 12.2 Å². The topological polar surface area (TPSA) is 69.9 Å². The highest BCUT2D eigenvalue weighted by Crippen LogP contribution is 2.35. The molecule has 0 amide bonds. The number of aromatic amines is 1. The van der Waals surface area contributed by atoms with Crippen molar-refractivity contribution in [2.75, 3.05) is 0 Å². The van der Waals surface area contributed by atoms with Gasteiger partial charge in [-0.15, -0.1) is 0 Å². The minimum absolute atomic E-state index is 0.424. The van der Waals surface area contributed by atoms with Crippen molar-refractivity contribution in [3.63, 3.8) is 0 Å². The number of nitrogens with one attached hydrogen (secondary N) is 1. The van der Waals surface area contributed by atoms with Gasteiger partial charge in [0.15, 0.2) is 22.1 Å². The average Bonchev–Trinajstić information content (AvgIpc) is 3.51. The fourth-order valence-corrected chi connectivity index (χ4v) is 4.62. The molecule has 6 rings (SSSR count). The smallest absolute Gasteiger partial charge is 0.194 e. The molecule has 2 aromatic heterocycles. The Labute approximate surface area is 231 Å². The zero-order valence-corrected chi connectivity index (χ0v) is 22.3. The summed E-state index contributed by atoms with van der Waals surface area (Å²) in [5, 5.41) is 7.31. The van der Waals surface area contributed by atoms with Gasteiger partial charge in [0.25, 0.3) is 0 Å². The maximum atomic E-state index is 6.33. The molecular weight excluding hydrogens is 506 g/mol. The van der Waals surface area contributed by atoms with E-state index >= 15 is 0 Å². The summed E-state index contributed by atoms with van der Waals surface area (Å²) < 4.78 is 17.2. The van der Waals surface area contributed by atoms with E-state index in [1.165, 1.54) is 0 Å². The highest BCUT2D eigenvalue weighted by Gasteiger charge is 2.17. The Bertz CT molecular complexity index is 1770. The standard InChI is InChI=1S/C31H27N5O2S/c1-35-29(33-34-31(35)39)19-36-26-15-9-8-14-25(26)32-30(36)24-16-17-27(37-20-22-10-4-2-5-11-22)28(18-24)38-21-23-12-6-3-7-13-23/h2-18H,19-21H2,1H3,(H,34,39). The summed E-state index contributed by atoms with van der Waals surface area (Å²) in [5.74, 6) is 2.96. The number of hydrogen-bond acceptors (Lipinski definition) is 5. The lowest BCUT2D eigenvalue weighted by Gasteiger charge is -2.15. The van der Waals surface area contributed by atoms with Crippen molar-refractivity contribution < 1.29 is 9.47 Å². The molecule has 0 saturated heterocycles. The number of ether oxygens (including phenoxy) is 2. The van der Waals surface area contributed by atoms with Crippen molar-refractivity contribution in [1.82, 2.24) is 24.3 Å². The monoisotopic (exact) mass is 533 g/mol. The van der Waals surface area contributed by atoms with Crippen molar-refractivity contribution in [2.24, 2.45) is 7.05 Å². The first kappa shape index (κ1) is 24.6. The highest BCUT2D eigenvalue weighted by molar-refractivity contribution is 7.71. The zero-order valence-electron chi connectivity index (χ0n) is 21.4. The minimum atomic E-state index is 0.424. The highest BCUT2D eigenvalue weighted by atomic mass is 32.1. The third-order valence-electron chi connectivity index (χ3n) is 6.60. The van der Waals surface area contributed by atoms with Crippen molar-refractivity contribution in [3.8, 4) is 22.9 Å². The van der Waals surface area contributed by atoms with Crippen LogP contribution in [0.1, 0.15) is 17.0 Å². The molecule has 8 heteroatoms. The van der Waals surface area contributed by atoms with E-state index in [2.05, 4.69) is 20.8 Å². The van der Waals surface area contributed by atoms with Gasteiger partial charge < -0.3 is 18.6 Å². The van der Waals surface area contributed by atoms with Gasteiger partial charge in [-0.25, -0.2) is 4.98 Å². The van der Waals surface area contributed by atoms with E-state index in [0.717, 1.165) is 39.4 Å². The summed E-state index contributed by atoms with van der Waals surface area (Å²) in [4.78, 5) is 4.99. The molecule has 0 spiro atoms. The minimum Gasteiger partial charge on any atom is -0.485 e. The molecule has 0 aliphatic rings. The fourth-order valence-electron chi connectivity index (χ4n) is 4.47. The van der Waals surface area contributed by atoms with E-state index in [9.17, 15) is 0 Å². The maximum absolute atomic E-state index is 6.33. The number of imidazole rings is 1. The lowest BCUT2D eigenvalue weighted by Crippen LogP contribution is -2.08. The molecule has 1 N–H and O–H groups in total. The lowest BCUT2D eigenvalue weighted by atomic mass is 10.1. The number of nitrogens with zero attached hydrogens (tertiary/aromatic N) is 4. The molecule has 39 heavy (non-hydrogen) atoms. The molecule has 194 valence electrons. The van der Waals surface area contributed by atoms with Crippen LogP contribution in [0.25, 0.3) is 22.4 Å². The largest absolute Gasteiger partial charge is 0.485 e. The van der Waals surface area contributed by atoms with E-state index in [-0.39, 0.29) is 0 Å². The zero-order chi connectivity index (χ0) is 26.6. The van der Waals surface area contributed by atoms with Crippen LogP contribution in [0, 0.1) is 4.77 Å². The second-order valence-corrected chi connectivity index (χ2v) is 9.61. The quantitative estimate of drug-likeness (QED) is 0.209. The molecule has 7 nitrogen and oxygen atoms in total. The number of rotatable bonds is 9. The third-order valence-corrected chi connectivity index (χ3v) is 6.97. The molecule has 6 aromatic rings. The Morgan fingerprint density at radius 1 is 0.769 bits per heavy atom. The summed E-state index contributed by atoms with van der Waals surface area (Å²) in [6.07, 6.45) is 0. The molecule has 0 aliphatic carbocycles. The molecule has 0 unspecified atom stereocenters. The van der Waals surface area contributed by atoms with Gasteiger partial charge in [-0.1, -0.05) is 72.8 Å². The summed E-state index contributed by atoms with van der Waals surface area (Å²) in [5.41, 5.74) is 5.00. The molecular formula is C31H27N5O2S. The van der Waals surface area contributed by atoms with Crippen molar-refractivity contribution in [1.29, 1.82) is 0 Å². The van der Waals surface area contributed by atoms with Crippen molar-refractivity contribution in [3.05, 3.63) is 125 Å². The van der Waals surface area contributed by atoms with Gasteiger partial charge in [0.05, 0.1) is 17.6 Å². The van der Waals surface area contributed by atoms with Crippen LogP contribution in [-0.2, 0) is 26.8 Å². The molecule has 0 atom stereocenters. The van der Waals surface area contributed by atoms with Gasteiger partial charge in [-0.3, -0.25) is 5.10 Å². The lowest BCUT2D eigenvalue weighted by molar-refractivity contribution is 0.256. The predicted molar refractivity (Wildman–Crippen MR) is 154 cm³/mol. The Morgan fingerprint density at radius 2 is 1.41 bits per heavy atom. The predicted octanol–water partition coefficient (Wildman–Crippen LogP) is 6.70. The average molecular weight is 534 g/mol. The fraction of sp³-hybridized carbons (Fsp3) is 0.129. The Hall–Kier alpha value is -4.69. The Balaban J connectivity index is 1.39. The molecule has 0 radical (unpaired) electrons. The van der Waals surface area contributed by atoms with E-state index in [1.807, 2.05) is 109 Å². The summed E-state index contributed by atoms with van der Waals surface area (Å²) in [7, 11) is 1.91. The van der Waals surface area contributed by atoms with E-state index in [4.69, 9.17) is 26.7 Å². The van der Waals surface area contributed by atoms with Crippen LogP contribution in [0.2, 0.25) is 0 Å². The first-order chi connectivity index (χ1) is 19.2. The van der Waals surface area contributed by atoms with Gasteiger partial charge >= 0.3 is 0 Å². The second-order valence-electron chi connectivity index (χ2n) is 9.22. The van der Waals surface area contributed by atoms with Gasteiger partial charge in [0.1, 0.15) is 19.0 Å². The van der Waals surface area contributed by atoms with Crippen LogP contribution in [0.3, 0.4) is 0 Å². The van der Waals surface area contributed by atoms with Crippen LogP contribution in [0.15, 0.2) is 103 Å². The number of para-hydroxylation sites is 2. The maximum Gasteiger partial charge on any atom is 0.194 e. The first-order valence-electron chi connectivity index (χ1n) is 12.7. The Kier molecular flexibility index (Phi) is 6.93. The van der Waals surface area contributed by atoms with Crippen LogP contribution in [0.4, 0.5) is 0 Å².